The summed E-state index contributed by atoms with van der Waals surface area (Å²) >= 11 is 0. The average molecular weight is 314 g/mol. The van der Waals surface area contributed by atoms with Crippen LogP contribution in [0.15, 0.2) is 0 Å². The van der Waals surface area contributed by atoms with Crippen LogP contribution < -0.4 is 56.5 Å². The molecule has 0 fully saturated rings. The van der Waals surface area contributed by atoms with Gasteiger partial charge in [0, 0.05) is 4.79 Å². The van der Waals surface area contributed by atoms with Crippen LogP contribution in [0.4, 0.5) is 0 Å². The molecule has 1 atom stereocenters. The molecule has 109 valence electrons. The molecule has 0 aliphatic rings. The molecule has 0 amide bonds. The zero-order valence-electron chi connectivity index (χ0n) is 12.8. The molecule has 7 nitrogen and oxygen atoms in total. The maximum absolute atomic E-state index is 11.8. The third-order valence-electron chi connectivity index (χ3n) is 3.01. The molecule has 1 unspecified atom stereocenters. The van der Waals surface area contributed by atoms with Crippen molar-refractivity contribution in [3.8, 4) is 0 Å². The van der Waals surface area contributed by atoms with Gasteiger partial charge in [-0.15, -0.1) is 4.65 Å². The van der Waals surface area contributed by atoms with Gasteiger partial charge in [0.25, 0.3) is 5.92 Å². The van der Waals surface area contributed by atoms with Gasteiger partial charge >= 0.3 is 63.3 Å². The van der Waals surface area contributed by atoms with Crippen LogP contribution in [0.1, 0.15) is 27.7 Å². The quantitative estimate of drug-likeness (QED) is 0.114. The van der Waals surface area contributed by atoms with Gasteiger partial charge < -0.3 is 14.6 Å². The fourth-order valence-corrected chi connectivity index (χ4v) is 1.62. The molecule has 0 saturated carbocycles. The van der Waals surface area contributed by atoms with Crippen LogP contribution in [-0.4, -0.2) is 48.8 Å². The Labute approximate surface area is 161 Å². The summed E-state index contributed by atoms with van der Waals surface area (Å²) in [6, 6.07) is 0. The molecule has 0 aromatic rings. The SMILES string of the molecule is CCOC(=[O+])C(C(=O)[O-])C(=O)O[N+](CC)(CC)CC.[K+]. The smallest absolute Gasteiger partial charge is 0.548 e. The van der Waals surface area contributed by atoms with Gasteiger partial charge in [-0.1, -0.05) is 0 Å². The standard InChI is InChI=1S/C12H21NO6.K/c1-5-13(6-2,7-3)19-12(17)9(10(14)15)11(16)18-8-4;/h9H,5-8H2,1-4H3;/q2*+1. The van der Waals surface area contributed by atoms with Crippen molar-refractivity contribution in [2.75, 3.05) is 26.2 Å². The van der Waals surface area contributed by atoms with E-state index in [-0.39, 0.29) is 62.6 Å². The van der Waals surface area contributed by atoms with Crippen molar-refractivity contribution >= 4 is 17.9 Å². The van der Waals surface area contributed by atoms with E-state index in [1.165, 1.54) is 6.92 Å². The Morgan fingerprint density at radius 2 is 1.60 bits per heavy atom. The van der Waals surface area contributed by atoms with E-state index in [1.54, 1.807) is 20.8 Å². The first-order chi connectivity index (χ1) is 8.87. The first-order valence-electron chi connectivity index (χ1n) is 6.34. The summed E-state index contributed by atoms with van der Waals surface area (Å²) in [7, 11) is 0. The van der Waals surface area contributed by atoms with Crippen molar-refractivity contribution in [2.24, 2.45) is 5.92 Å². The fraction of sp³-hybridized carbons (Fsp3) is 0.750. The number of rotatable bonds is 8. The van der Waals surface area contributed by atoms with Crippen LogP contribution in [0.2, 0.25) is 0 Å². The third-order valence-corrected chi connectivity index (χ3v) is 3.01. The topological polar surface area (TPSA) is 95.6 Å². The van der Waals surface area contributed by atoms with E-state index in [0.717, 1.165) is 0 Å². The van der Waals surface area contributed by atoms with Gasteiger partial charge in [-0.2, -0.15) is 0 Å². The van der Waals surface area contributed by atoms with Gasteiger partial charge in [-0.05, 0) is 27.7 Å². The van der Waals surface area contributed by atoms with E-state index < -0.39 is 23.8 Å². The van der Waals surface area contributed by atoms with Gasteiger partial charge in [0.15, 0.2) is 6.61 Å². The number of esters is 1. The summed E-state index contributed by atoms with van der Waals surface area (Å²) in [4.78, 5) is 39.3. The fourth-order valence-electron chi connectivity index (χ4n) is 1.62. The van der Waals surface area contributed by atoms with Gasteiger partial charge in [0.2, 0.25) is 0 Å². The number of hydrogen-bond donors (Lipinski definition) is 0. The van der Waals surface area contributed by atoms with Crippen molar-refractivity contribution in [1.82, 2.24) is 0 Å². The molecule has 1 radical (unpaired) electrons. The number of carbonyl (C=O) groups excluding carboxylic acids is 3. The molecular weight excluding hydrogens is 293 g/mol. The van der Waals surface area contributed by atoms with Gasteiger partial charge in [0.1, 0.15) is 19.6 Å². The largest absolute Gasteiger partial charge is 1.00 e. The van der Waals surface area contributed by atoms with E-state index in [1.807, 2.05) is 0 Å². The van der Waals surface area contributed by atoms with Gasteiger partial charge in [0.05, 0.1) is 5.97 Å². The maximum atomic E-state index is 11.8. The molecule has 0 aromatic heterocycles. The van der Waals surface area contributed by atoms with Crippen molar-refractivity contribution in [2.45, 2.75) is 27.7 Å². The van der Waals surface area contributed by atoms with Crippen LogP contribution in [0.3, 0.4) is 0 Å². The number of hydroxylamine groups is 3. The molecule has 0 bridgehead atoms. The summed E-state index contributed by atoms with van der Waals surface area (Å²) < 4.78 is 4.48. The van der Waals surface area contributed by atoms with Gasteiger partial charge in [-0.3, -0.25) is 4.84 Å². The number of quaternary nitrogens is 1. The summed E-state index contributed by atoms with van der Waals surface area (Å²) in [5, 5.41) is 10.9. The minimum Gasteiger partial charge on any atom is -0.548 e. The molecule has 0 rings (SSSR count). The van der Waals surface area contributed by atoms with Gasteiger partial charge in [-0.25, -0.2) is 4.79 Å². The molecule has 8 heteroatoms. The first kappa shape index (κ1) is 22.3. The number of carbonyl (C=O) groups is 3. The van der Waals surface area contributed by atoms with E-state index in [2.05, 4.69) is 4.74 Å². The van der Waals surface area contributed by atoms with Crippen LogP contribution in [0.5, 0.6) is 0 Å². The monoisotopic (exact) mass is 314 g/mol. The summed E-state index contributed by atoms with van der Waals surface area (Å²) in [6.07, 6.45) is 0. The second-order valence-corrected chi connectivity index (χ2v) is 3.92. The van der Waals surface area contributed by atoms with E-state index in [4.69, 9.17) is 4.84 Å². The van der Waals surface area contributed by atoms with Crippen molar-refractivity contribution < 1.29 is 85.1 Å². The minimum atomic E-state index is -2.04. The number of carboxylic acid groups (broad SMARTS) is 1. The molecule has 0 heterocycles. The normalized spacial score (nSPS) is 12.0. The van der Waals surface area contributed by atoms with Crippen molar-refractivity contribution in [1.29, 1.82) is 0 Å². The van der Waals surface area contributed by atoms with Crippen molar-refractivity contribution in [3.63, 3.8) is 0 Å². The van der Waals surface area contributed by atoms with E-state index in [0.29, 0.717) is 19.6 Å². The molecule has 0 aliphatic carbocycles. The Morgan fingerprint density at radius 1 is 1.15 bits per heavy atom. The van der Waals surface area contributed by atoms with Crippen LogP contribution in [0, 0.1) is 5.92 Å². The van der Waals surface area contributed by atoms with Crippen LogP contribution in [-0.2, 0) is 24.0 Å². The Morgan fingerprint density at radius 3 is 1.90 bits per heavy atom. The average Bonchev–Trinajstić information content (AvgIpc) is 2.36. The second-order valence-electron chi connectivity index (χ2n) is 3.92. The summed E-state index contributed by atoms with van der Waals surface area (Å²) in [6.45, 7) is 8.32. The number of nitrogens with zero attached hydrogens (tertiary/aromatic N) is 1. The van der Waals surface area contributed by atoms with E-state index >= 15 is 0 Å². The number of ether oxygens (including phenoxy) is 1. The molecule has 20 heavy (non-hydrogen) atoms. The minimum absolute atomic E-state index is 0. The molecular formula is C12H21KNO6+2. The Kier molecular flexibility index (Phi) is 11.9. The predicted octanol–water partition coefficient (Wildman–Crippen LogP) is -3.75. The zero-order valence-corrected chi connectivity index (χ0v) is 15.9. The molecule has 0 N–H and O–H groups in total. The Bertz CT molecular complexity index is 335. The predicted molar refractivity (Wildman–Crippen MR) is 63.1 cm³/mol. The van der Waals surface area contributed by atoms with E-state index in [9.17, 15) is 19.5 Å². The molecule has 0 aromatic carbocycles. The molecule has 0 aliphatic heterocycles. The second kappa shape index (κ2) is 10.7. The molecule has 0 spiro atoms. The Hall–Kier alpha value is 0.00636. The van der Waals surface area contributed by atoms with Crippen LogP contribution >= 0.6 is 0 Å². The Balaban J connectivity index is 0. The van der Waals surface area contributed by atoms with Crippen LogP contribution in [0.25, 0.3) is 0 Å². The first-order valence-corrected chi connectivity index (χ1v) is 6.34. The number of aliphatic carboxylic acids is 1. The molecule has 0 saturated heterocycles. The number of carboxylic acids is 1. The summed E-state index contributed by atoms with van der Waals surface area (Å²) in [5.41, 5.74) is 0. The number of hydrogen-bond acceptors (Lipinski definition) is 6. The third kappa shape index (κ3) is 6.19. The zero-order chi connectivity index (χ0) is 15.1. The van der Waals surface area contributed by atoms with Crippen molar-refractivity contribution in [3.05, 3.63) is 0 Å². The maximum Gasteiger partial charge on any atom is 1.00 e. The summed E-state index contributed by atoms with van der Waals surface area (Å²) in [5.74, 6) is -6.16.